The molecule has 0 saturated carbocycles. The van der Waals surface area contributed by atoms with Crippen LogP contribution in [0.25, 0.3) is 0 Å². The van der Waals surface area contributed by atoms with E-state index in [0.29, 0.717) is 11.4 Å². The molecule has 3 nitrogen and oxygen atoms in total. The van der Waals surface area contributed by atoms with E-state index in [-0.39, 0.29) is 11.8 Å². The van der Waals surface area contributed by atoms with E-state index < -0.39 is 5.97 Å². The van der Waals surface area contributed by atoms with Gasteiger partial charge in [0.2, 0.25) is 0 Å². The van der Waals surface area contributed by atoms with Crippen LogP contribution in [0.2, 0.25) is 5.02 Å². The van der Waals surface area contributed by atoms with Crippen molar-refractivity contribution in [3.63, 3.8) is 0 Å². The summed E-state index contributed by atoms with van der Waals surface area (Å²) in [5, 5.41) is 9.45. The third kappa shape index (κ3) is 3.20. The highest BCUT2D eigenvalue weighted by Gasteiger charge is 2.20. The summed E-state index contributed by atoms with van der Waals surface area (Å²) in [7, 11) is 0. The molecule has 1 rings (SSSR count). The van der Waals surface area contributed by atoms with Crippen LogP contribution in [0, 0.1) is 11.8 Å². The Morgan fingerprint density at radius 2 is 2.27 bits per heavy atom. The quantitative estimate of drug-likeness (QED) is 0.860. The average molecular weight is 228 g/mol. The number of carboxylic acid groups (broad SMARTS) is 1. The van der Waals surface area contributed by atoms with E-state index in [4.69, 9.17) is 16.7 Å². The lowest BCUT2D eigenvalue weighted by Crippen LogP contribution is -2.20. The molecule has 2 unspecified atom stereocenters. The van der Waals surface area contributed by atoms with Gasteiger partial charge in [-0.2, -0.15) is 0 Å². The van der Waals surface area contributed by atoms with Crippen molar-refractivity contribution in [3.05, 3.63) is 29.0 Å². The predicted octanol–water partition coefficient (Wildman–Crippen LogP) is 2.63. The first-order valence-corrected chi connectivity index (χ1v) is 5.21. The molecule has 1 aromatic rings. The van der Waals surface area contributed by atoms with E-state index in [9.17, 15) is 4.79 Å². The Bertz CT molecular complexity index is 354. The maximum atomic E-state index is 10.8. The minimum Gasteiger partial charge on any atom is -0.481 e. The highest BCUT2D eigenvalue weighted by atomic mass is 35.5. The van der Waals surface area contributed by atoms with Crippen LogP contribution in [0.1, 0.15) is 19.4 Å². The number of pyridine rings is 1. The molecule has 2 atom stereocenters. The van der Waals surface area contributed by atoms with Gasteiger partial charge >= 0.3 is 5.97 Å². The van der Waals surface area contributed by atoms with Gasteiger partial charge in [0.05, 0.1) is 10.9 Å². The molecule has 0 bridgehead atoms. The van der Waals surface area contributed by atoms with Gasteiger partial charge in [0, 0.05) is 12.4 Å². The lowest BCUT2D eigenvalue weighted by molar-refractivity contribution is -0.142. The Labute approximate surface area is 94.1 Å². The minimum atomic E-state index is -0.771. The lowest BCUT2D eigenvalue weighted by atomic mass is 9.90. The van der Waals surface area contributed by atoms with E-state index in [0.717, 1.165) is 5.56 Å². The molecule has 0 fully saturated rings. The maximum absolute atomic E-state index is 10.8. The van der Waals surface area contributed by atoms with E-state index in [1.165, 1.54) is 0 Å². The van der Waals surface area contributed by atoms with Crippen molar-refractivity contribution in [1.29, 1.82) is 0 Å². The Balaban J connectivity index is 2.70. The molecule has 0 aliphatic heterocycles. The van der Waals surface area contributed by atoms with Crippen LogP contribution in [0.5, 0.6) is 0 Å². The second-order valence-electron chi connectivity index (χ2n) is 3.78. The summed E-state index contributed by atoms with van der Waals surface area (Å²) < 4.78 is 0. The number of hydrogen-bond donors (Lipinski definition) is 1. The normalized spacial score (nSPS) is 14.6. The monoisotopic (exact) mass is 227 g/mol. The van der Waals surface area contributed by atoms with E-state index in [2.05, 4.69) is 4.98 Å². The predicted molar refractivity (Wildman–Crippen MR) is 58.9 cm³/mol. The molecular weight excluding hydrogens is 214 g/mol. The third-order valence-electron chi connectivity index (χ3n) is 2.64. The van der Waals surface area contributed by atoms with Gasteiger partial charge in [-0.25, -0.2) is 0 Å². The number of halogens is 1. The summed E-state index contributed by atoms with van der Waals surface area (Å²) in [4.78, 5) is 14.7. The molecular formula is C11H14ClNO2. The molecule has 0 saturated heterocycles. The molecule has 0 spiro atoms. The standard InChI is InChI=1S/C11H14ClNO2/c1-7(8(2)11(14)15)5-9-3-4-13-6-10(9)12/h3-4,6-8H,5H2,1-2H3,(H,14,15). The second kappa shape index (κ2) is 5.12. The SMILES string of the molecule is CC(Cc1ccncc1Cl)C(C)C(=O)O. The topological polar surface area (TPSA) is 50.2 Å². The number of hydrogen-bond acceptors (Lipinski definition) is 2. The number of nitrogens with zero attached hydrogens (tertiary/aromatic N) is 1. The Morgan fingerprint density at radius 1 is 1.60 bits per heavy atom. The number of aliphatic carboxylic acids is 1. The second-order valence-corrected chi connectivity index (χ2v) is 4.18. The first kappa shape index (κ1) is 12.0. The van der Waals surface area contributed by atoms with Crippen molar-refractivity contribution in [2.75, 3.05) is 0 Å². The molecule has 1 N–H and O–H groups in total. The largest absolute Gasteiger partial charge is 0.481 e. The number of aromatic nitrogens is 1. The van der Waals surface area contributed by atoms with E-state index in [1.807, 2.05) is 13.0 Å². The molecule has 0 aromatic carbocycles. The molecule has 1 heterocycles. The van der Waals surface area contributed by atoms with Crippen molar-refractivity contribution in [3.8, 4) is 0 Å². The average Bonchev–Trinajstić information content (AvgIpc) is 2.20. The molecule has 0 aliphatic rings. The molecule has 0 amide bonds. The van der Waals surface area contributed by atoms with Crippen molar-refractivity contribution in [2.24, 2.45) is 11.8 Å². The van der Waals surface area contributed by atoms with Crippen LogP contribution in [0.3, 0.4) is 0 Å². The summed E-state index contributed by atoms with van der Waals surface area (Å²) >= 11 is 5.94. The van der Waals surface area contributed by atoms with E-state index in [1.54, 1.807) is 19.3 Å². The number of carbonyl (C=O) groups is 1. The van der Waals surface area contributed by atoms with Gasteiger partial charge in [0.1, 0.15) is 0 Å². The van der Waals surface area contributed by atoms with Gasteiger partial charge < -0.3 is 5.11 Å². The van der Waals surface area contributed by atoms with E-state index >= 15 is 0 Å². The van der Waals surface area contributed by atoms with Crippen LogP contribution in [-0.4, -0.2) is 16.1 Å². The van der Waals surface area contributed by atoms with Crippen LogP contribution in [-0.2, 0) is 11.2 Å². The molecule has 82 valence electrons. The Kier molecular flexibility index (Phi) is 4.09. The zero-order chi connectivity index (χ0) is 11.4. The number of rotatable bonds is 4. The zero-order valence-corrected chi connectivity index (χ0v) is 9.53. The summed E-state index contributed by atoms with van der Waals surface area (Å²) in [5.41, 5.74) is 0.951. The van der Waals surface area contributed by atoms with Crippen LogP contribution < -0.4 is 0 Å². The summed E-state index contributed by atoms with van der Waals surface area (Å²) in [6.07, 6.45) is 3.91. The van der Waals surface area contributed by atoms with Gasteiger partial charge in [-0.05, 0) is 24.0 Å². The van der Waals surface area contributed by atoms with Crippen LogP contribution in [0.15, 0.2) is 18.5 Å². The van der Waals surface area contributed by atoms with Crippen molar-refractivity contribution in [1.82, 2.24) is 4.98 Å². The van der Waals surface area contributed by atoms with Crippen molar-refractivity contribution < 1.29 is 9.90 Å². The molecule has 1 aromatic heterocycles. The number of carboxylic acids is 1. The first-order valence-electron chi connectivity index (χ1n) is 4.83. The van der Waals surface area contributed by atoms with Gasteiger partial charge in [-0.15, -0.1) is 0 Å². The smallest absolute Gasteiger partial charge is 0.306 e. The lowest BCUT2D eigenvalue weighted by Gasteiger charge is -2.16. The van der Waals surface area contributed by atoms with Gasteiger partial charge in [-0.1, -0.05) is 25.4 Å². The zero-order valence-electron chi connectivity index (χ0n) is 8.77. The first-order chi connectivity index (χ1) is 7.02. The summed E-state index contributed by atoms with van der Waals surface area (Å²) in [6, 6.07) is 1.83. The van der Waals surface area contributed by atoms with Crippen molar-refractivity contribution in [2.45, 2.75) is 20.3 Å². The molecule has 15 heavy (non-hydrogen) atoms. The van der Waals surface area contributed by atoms with Crippen LogP contribution in [0.4, 0.5) is 0 Å². The van der Waals surface area contributed by atoms with Gasteiger partial charge in [0.15, 0.2) is 0 Å². The molecule has 0 radical (unpaired) electrons. The summed E-state index contributed by atoms with van der Waals surface area (Å²) in [6.45, 7) is 3.62. The Morgan fingerprint density at radius 3 is 2.80 bits per heavy atom. The molecule has 4 heteroatoms. The summed E-state index contributed by atoms with van der Waals surface area (Å²) in [5.74, 6) is -1.08. The highest BCUT2D eigenvalue weighted by molar-refractivity contribution is 6.31. The highest BCUT2D eigenvalue weighted by Crippen LogP contribution is 2.21. The van der Waals surface area contributed by atoms with Crippen LogP contribution >= 0.6 is 11.6 Å². The minimum absolute atomic E-state index is 0.0578. The molecule has 0 aliphatic carbocycles. The van der Waals surface area contributed by atoms with Gasteiger partial charge in [0.25, 0.3) is 0 Å². The fourth-order valence-electron chi connectivity index (χ4n) is 1.34. The van der Waals surface area contributed by atoms with Gasteiger partial charge in [-0.3, -0.25) is 9.78 Å². The maximum Gasteiger partial charge on any atom is 0.306 e. The fraction of sp³-hybridized carbons (Fsp3) is 0.455. The van der Waals surface area contributed by atoms with Crippen molar-refractivity contribution >= 4 is 17.6 Å². The third-order valence-corrected chi connectivity index (χ3v) is 2.98. The Hall–Kier alpha value is -1.09. The fourth-order valence-corrected chi connectivity index (χ4v) is 1.53.